The Kier molecular flexibility index (Phi) is 4.41. The fourth-order valence-corrected chi connectivity index (χ4v) is 3.67. The third kappa shape index (κ3) is 3.50. The molecule has 1 aromatic carbocycles. The van der Waals surface area contributed by atoms with Crippen molar-refractivity contribution >= 4 is 27.3 Å². The summed E-state index contributed by atoms with van der Waals surface area (Å²) in [5.41, 5.74) is 1.60. The van der Waals surface area contributed by atoms with Crippen LogP contribution in [0, 0.1) is 6.92 Å². The summed E-state index contributed by atoms with van der Waals surface area (Å²) < 4.78 is 26.5. The molecule has 6 nitrogen and oxygen atoms in total. The van der Waals surface area contributed by atoms with E-state index in [1.165, 1.54) is 28.8 Å². The fourth-order valence-electron chi connectivity index (χ4n) is 1.94. The maximum Gasteiger partial charge on any atom is 0.284 e. The Morgan fingerprint density at radius 2 is 1.88 bits per heavy atom. The molecule has 122 valence electrons. The van der Waals surface area contributed by atoms with Crippen molar-refractivity contribution < 1.29 is 13.2 Å². The highest BCUT2D eigenvalue weighted by atomic mass is 32.2. The van der Waals surface area contributed by atoms with Crippen LogP contribution in [0.15, 0.2) is 58.9 Å². The lowest BCUT2D eigenvalue weighted by molar-refractivity contribution is 0.0977. The van der Waals surface area contributed by atoms with Crippen LogP contribution in [-0.4, -0.2) is 24.3 Å². The molecule has 0 aliphatic rings. The number of carbonyl (C=O) groups is 1. The largest absolute Gasteiger partial charge is 0.284 e. The summed E-state index contributed by atoms with van der Waals surface area (Å²) in [6.07, 6.45) is 1.62. The van der Waals surface area contributed by atoms with Gasteiger partial charge in [-0.05, 0) is 31.2 Å². The van der Waals surface area contributed by atoms with E-state index in [0.29, 0.717) is 10.7 Å². The first kappa shape index (κ1) is 16.3. The number of nitrogens with zero attached hydrogens (tertiary/aromatic N) is 2. The lowest BCUT2D eigenvalue weighted by Gasteiger charge is -2.05. The van der Waals surface area contributed by atoms with Gasteiger partial charge in [-0.1, -0.05) is 23.8 Å². The Balaban J connectivity index is 1.80. The Bertz CT molecular complexity index is 965. The molecule has 0 atom stereocenters. The molecule has 3 aromatic rings. The molecule has 2 aromatic heterocycles. The minimum atomic E-state index is -3.93. The lowest BCUT2D eigenvalue weighted by Crippen LogP contribution is -2.30. The Morgan fingerprint density at radius 1 is 1.12 bits per heavy atom. The van der Waals surface area contributed by atoms with Crippen molar-refractivity contribution in [2.75, 3.05) is 0 Å². The molecular weight excluding hydrogens is 346 g/mol. The van der Waals surface area contributed by atoms with E-state index in [4.69, 9.17) is 0 Å². The Morgan fingerprint density at radius 3 is 2.54 bits per heavy atom. The average molecular weight is 359 g/mol. The molecule has 0 aliphatic carbocycles. The topological polar surface area (TPSA) is 89.0 Å². The van der Waals surface area contributed by atoms with Gasteiger partial charge in [0.25, 0.3) is 15.9 Å². The summed E-state index contributed by atoms with van der Waals surface area (Å²) >= 11 is 1.23. The monoisotopic (exact) mass is 359 g/mol. The zero-order valence-corrected chi connectivity index (χ0v) is 14.3. The van der Waals surface area contributed by atoms with Crippen LogP contribution in [0.1, 0.15) is 16.1 Å². The number of hydrogen-bond acceptors (Lipinski definition) is 6. The van der Waals surface area contributed by atoms with Crippen LogP contribution < -0.4 is 4.72 Å². The number of amides is 1. The van der Waals surface area contributed by atoms with Crippen molar-refractivity contribution in [2.24, 2.45) is 0 Å². The van der Waals surface area contributed by atoms with Gasteiger partial charge in [-0.15, -0.1) is 11.3 Å². The molecule has 1 amide bonds. The number of thiazole rings is 1. The summed E-state index contributed by atoms with van der Waals surface area (Å²) in [5, 5.41) is 2.05. The molecule has 0 saturated carbocycles. The fraction of sp³-hybridized carbons (Fsp3) is 0.0625. The second-order valence-corrected chi connectivity index (χ2v) is 7.54. The van der Waals surface area contributed by atoms with Crippen LogP contribution >= 0.6 is 11.3 Å². The average Bonchev–Trinajstić information content (AvgIpc) is 3.06. The van der Waals surface area contributed by atoms with Gasteiger partial charge in [-0.2, -0.15) is 0 Å². The summed E-state index contributed by atoms with van der Waals surface area (Å²) in [7, 11) is -3.93. The Labute approximate surface area is 143 Å². The first-order valence-corrected chi connectivity index (χ1v) is 9.33. The summed E-state index contributed by atoms with van der Waals surface area (Å²) in [4.78, 5) is 20.5. The molecule has 0 fully saturated rings. The smallest absolute Gasteiger partial charge is 0.266 e. The zero-order valence-electron chi connectivity index (χ0n) is 12.6. The third-order valence-electron chi connectivity index (χ3n) is 3.18. The molecule has 0 unspecified atom stereocenters. The van der Waals surface area contributed by atoms with Crippen LogP contribution in [0.2, 0.25) is 0 Å². The molecule has 0 aliphatic heterocycles. The molecule has 0 saturated heterocycles. The molecule has 2 heterocycles. The van der Waals surface area contributed by atoms with Crippen LogP contribution in [-0.2, 0) is 10.0 Å². The van der Waals surface area contributed by atoms with Gasteiger partial charge in [0.15, 0.2) is 0 Å². The second kappa shape index (κ2) is 6.50. The summed E-state index contributed by atoms with van der Waals surface area (Å²) in [6.45, 7) is 1.85. The lowest BCUT2D eigenvalue weighted by atomic mass is 10.2. The summed E-state index contributed by atoms with van der Waals surface area (Å²) in [6, 6.07) is 11.6. The second-order valence-electron chi connectivity index (χ2n) is 5.00. The molecule has 0 radical (unpaired) electrons. The number of pyridine rings is 1. The van der Waals surface area contributed by atoms with Gasteiger partial charge in [-0.25, -0.2) is 18.1 Å². The quantitative estimate of drug-likeness (QED) is 0.773. The van der Waals surface area contributed by atoms with Gasteiger partial charge in [0.2, 0.25) is 0 Å². The van der Waals surface area contributed by atoms with E-state index in [2.05, 4.69) is 9.97 Å². The number of carbonyl (C=O) groups excluding carboxylic acids is 1. The van der Waals surface area contributed by atoms with Gasteiger partial charge < -0.3 is 0 Å². The van der Waals surface area contributed by atoms with Crippen molar-refractivity contribution in [3.63, 3.8) is 0 Å². The van der Waals surface area contributed by atoms with Crippen molar-refractivity contribution in [2.45, 2.75) is 11.8 Å². The molecular formula is C16H13N3O3S2. The minimum Gasteiger partial charge on any atom is -0.266 e. The van der Waals surface area contributed by atoms with E-state index >= 15 is 0 Å². The molecule has 24 heavy (non-hydrogen) atoms. The number of sulfonamides is 1. The summed E-state index contributed by atoms with van der Waals surface area (Å²) in [5.74, 6) is -0.769. The number of nitrogens with one attached hydrogen (secondary N) is 1. The standard InChI is InChI=1S/C16H13N3O3S2/c1-11-5-7-12(8-6-11)24(21,22)19-15(20)14-10-23-16(18-14)13-4-2-3-9-17-13/h2-10H,1H3,(H,19,20). The number of rotatable bonds is 4. The zero-order chi connectivity index (χ0) is 17.2. The van der Waals surface area contributed by atoms with Crippen molar-refractivity contribution in [3.8, 4) is 10.7 Å². The molecule has 0 bridgehead atoms. The normalized spacial score (nSPS) is 11.2. The van der Waals surface area contributed by atoms with E-state index < -0.39 is 15.9 Å². The number of aromatic nitrogens is 2. The van der Waals surface area contributed by atoms with E-state index in [0.717, 1.165) is 5.56 Å². The van der Waals surface area contributed by atoms with E-state index in [1.54, 1.807) is 30.5 Å². The van der Waals surface area contributed by atoms with Crippen LogP contribution in [0.5, 0.6) is 0 Å². The van der Waals surface area contributed by atoms with Crippen molar-refractivity contribution in [3.05, 3.63) is 65.3 Å². The third-order valence-corrected chi connectivity index (χ3v) is 5.39. The van der Waals surface area contributed by atoms with Crippen molar-refractivity contribution in [1.82, 2.24) is 14.7 Å². The van der Waals surface area contributed by atoms with Gasteiger partial charge in [0.1, 0.15) is 10.7 Å². The predicted molar refractivity (Wildman–Crippen MR) is 91.2 cm³/mol. The number of aryl methyl sites for hydroxylation is 1. The molecule has 8 heteroatoms. The van der Waals surface area contributed by atoms with Crippen LogP contribution in [0.3, 0.4) is 0 Å². The van der Waals surface area contributed by atoms with Gasteiger partial charge in [-0.3, -0.25) is 9.78 Å². The minimum absolute atomic E-state index is 0.0293. The predicted octanol–water partition coefficient (Wildman–Crippen LogP) is 2.63. The van der Waals surface area contributed by atoms with E-state index in [-0.39, 0.29) is 10.6 Å². The van der Waals surface area contributed by atoms with E-state index in [9.17, 15) is 13.2 Å². The van der Waals surface area contributed by atoms with Gasteiger partial charge in [0.05, 0.1) is 10.6 Å². The SMILES string of the molecule is Cc1ccc(S(=O)(=O)NC(=O)c2csc(-c3ccccn3)n2)cc1. The molecule has 1 N–H and O–H groups in total. The first-order valence-electron chi connectivity index (χ1n) is 6.96. The maximum atomic E-state index is 12.2. The molecule has 0 spiro atoms. The highest BCUT2D eigenvalue weighted by Crippen LogP contribution is 2.21. The number of benzene rings is 1. The Hall–Kier alpha value is -2.58. The highest BCUT2D eigenvalue weighted by molar-refractivity contribution is 7.90. The van der Waals surface area contributed by atoms with Crippen LogP contribution in [0.25, 0.3) is 10.7 Å². The first-order chi connectivity index (χ1) is 11.5. The number of hydrogen-bond donors (Lipinski definition) is 1. The maximum absolute atomic E-state index is 12.2. The van der Waals surface area contributed by atoms with Crippen LogP contribution in [0.4, 0.5) is 0 Å². The highest BCUT2D eigenvalue weighted by Gasteiger charge is 2.20. The van der Waals surface area contributed by atoms with Crippen molar-refractivity contribution in [1.29, 1.82) is 0 Å². The molecule has 3 rings (SSSR count). The van der Waals surface area contributed by atoms with E-state index in [1.807, 2.05) is 17.7 Å². The van der Waals surface area contributed by atoms with Gasteiger partial charge >= 0.3 is 0 Å². The van der Waals surface area contributed by atoms with Gasteiger partial charge in [0, 0.05) is 11.6 Å².